The summed E-state index contributed by atoms with van der Waals surface area (Å²) in [6.07, 6.45) is 2.46. The minimum atomic E-state index is -0.970. The summed E-state index contributed by atoms with van der Waals surface area (Å²) >= 11 is 5.68. The predicted molar refractivity (Wildman–Crippen MR) is 120 cm³/mol. The number of halogens is 3. The van der Waals surface area contributed by atoms with Gasteiger partial charge in [0.2, 0.25) is 11.8 Å². The zero-order valence-corrected chi connectivity index (χ0v) is 17.6. The van der Waals surface area contributed by atoms with E-state index in [1.807, 2.05) is 0 Å². The van der Waals surface area contributed by atoms with Gasteiger partial charge in [-0.25, -0.2) is 13.8 Å². The van der Waals surface area contributed by atoms with E-state index in [-0.39, 0.29) is 22.9 Å². The Balaban J connectivity index is 1.50. The number of oxazole rings is 1. The monoisotopic (exact) mass is 468 g/mol. The van der Waals surface area contributed by atoms with Crippen LogP contribution in [0.3, 0.4) is 0 Å². The number of carbonyl (C=O) groups excluding carboxylic acids is 1. The van der Waals surface area contributed by atoms with Gasteiger partial charge in [0, 0.05) is 11.8 Å². The van der Waals surface area contributed by atoms with Crippen LogP contribution in [0.25, 0.3) is 28.6 Å². The Labute approximate surface area is 191 Å². The quantitative estimate of drug-likeness (QED) is 0.354. The molecule has 2 N–H and O–H groups in total. The molecule has 0 atom stereocenters. The number of amides is 1. The number of nitrogens with zero attached hydrogens (tertiary/aromatic N) is 1. The van der Waals surface area contributed by atoms with Crippen LogP contribution in [0.4, 0.5) is 14.5 Å². The number of carbonyl (C=O) groups is 2. The molecule has 0 saturated carbocycles. The van der Waals surface area contributed by atoms with E-state index in [1.54, 1.807) is 24.3 Å². The number of nitrogens with one attached hydrogen (secondary N) is 1. The highest BCUT2D eigenvalue weighted by Crippen LogP contribution is 2.28. The molecule has 1 aromatic heterocycles. The number of hydrogen-bond donors (Lipinski definition) is 2. The van der Waals surface area contributed by atoms with Crippen molar-refractivity contribution >= 4 is 46.3 Å². The largest absolute Gasteiger partial charge is 0.481 e. The number of carboxylic acid groups (broad SMARTS) is 1. The van der Waals surface area contributed by atoms with Gasteiger partial charge < -0.3 is 14.8 Å². The molecule has 0 radical (unpaired) electrons. The van der Waals surface area contributed by atoms with Gasteiger partial charge in [-0.2, -0.15) is 0 Å². The first kappa shape index (κ1) is 22.2. The van der Waals surface area contributed by atoms with Gasteiger partial charge in [0.05, 0.1) is 17.0 Å². The van der Waals surface area contributed by atoms with Crippen LogP contribution in [-0.2, 0) is 16.0 Å². The maximum Gasteiger partial charge on any atom is 0.307 e. The Morgan fingerprint density at radius 1 is 1.06 bits per heavy atom. The first-order chi connectivity index (χ1) is 15.8. The third-order valence-electron chi connectivity index (χ3n) is 4.65. The summed E-state index contributed by atoms with van der Waals surface area (Å²) < 4.78 is 33.5. The van der Waals surface area contributed by atoms with E-state index < -0.39 is 23.5 Å². The fourth-order valence-electron chi connectivity index (χ4n) is 3.11. The molecule has 0 bridgehead atoms. The molecule has 4 aromatic rings. The molecule has 0 spiro atoms. The lowest BCUT2D eigenvalue weighted by molar-refractivity contribution is -0.136. The number of aliphatic carboxylic acids is 1. The fraction of sp³-hybridized carbons (Fsp3) is 0.0417. The van der Waals surface area contributed by atoms with E-state index in [1.165, 1.54) is 36.4 Å². The van der Waals surface area contributed by atoms with Gasteiger partial charge in [-0.15, -0.1) is 0 Å². The Kier molecular flexibility index (Phi) is 6.19. The van der Waals surface area contributed by atoms with E-state index in [0.29, 0.717) is 27.9 Å². The third-order valence-corrected chi connectivity index (χ3v) is 4.93. The zero-order valence-electron chi connectivity index (χ0n) is 16.8. The number of anilines is 1. The maximum atomic E-state index is 14.7. The van der Waals surface area contributed by atoms with Crippen molar-refractivity contribution < 1.29 is 27.9 Å². The lowest BCUT2D eigenvalue weighted by Gasteiger charge is -2.03. The Morgan fingerprint density at radius 3 is 2.61 bits per heavy atom. The first-order valence-corrected chi connectivity index (χ1v) is 10.0. The molecule has 6 nitrogen and oxygen atoms in total. The second-order valence-corrected chi connectivity index (χ2v) is 7.49. The highest BCUT2D eigenvalue weighted by atomic mass is 35.5. The van der Waals surface area contributed by atoms with Crippen molar-refractivity contribution in [2.24, 2.45) is 0 Å². The van der Waals surface area contributed by atoms with E-state index >= 15 is 0 Å². The summed E-state index contributed by atoms with van der Waals surface area (Å²) in [7, 11) is 0. The molecule has 0 saturated heterocycles. The lowest BCUT2D eigenvalue weighted by atomic mass is 10.1. The fourth-order valence-corrected chi connectivity index (χ4v) is 3.29. The van der Waals surface area contributed by atoms with Crippen molar-refractivity contribution in [3.8, 4) is 11.5 Å². The van der Waals surface area contributed by atoms with Crippen molar-refractivity contribution in [1.82, 2.24) is 4.98 Å². The minimum absolute atomic E-state index is 0.0523. The summed E-state index contributed by atoms with van der Waals surface area (Å²) in [5, 5.41) is 11.3. The number of aromatic nitrogens is 1. The zero-order chi connectivity index (χ0) is 23.5. The molecule has 0 aliphatic rings. The van der Waals surface area contributed by atoms with Crippen LogP contribution < -0.4 is 5.32 Å². The van der Waals surface area contributed by atoms with Crippen LogP contribution >= 0.6 is 11.6 Å². The van der Waals surface area contributed by atoms with E-state index in [2.05, 4.69) is 10.3 Å². The summed E-state index contributed by atoms with van der Waals surface area (Å²) in [5.41, 5.74) is 2.23. The number of carboxylic acids is 1. The molecule has 4 rings (SSSR count). The molecule has 9 heteroatoms. The highest BCUT2D eigenvalue weighted by molar-refractivity contribution is 6.31. The van der Waals surface area contributed by atoms with Gasteiger partial charge in [0.25, 0.3) is 0 Å². The molecule has 166 valence electrons. The van der Waals surface area contributed by atoms with Crippen LogP contribution in [-0.4, -0.2) is 22.0 Å². The van der Waals surface area contributed by atoms with Crippen molar-refractivity contribution in [1.29, 1.82) is 0 Å². The summed E-state index contributed by atoms with van der Waals surface area (Å²) in [6.45, 7) is 0. The number of hydrogen-bond acceptors (Lipinski definition) is 4. The topological polar surface area (TPSA) is 92.4 Å². The van der Waals surface area contributed by atoms with Crippen LogP contribution in [0.2, 0.25) is 5.02 Å². The predicted octanol–water partition coefficient (Wildman–Crippen LogP) is 5.71. The minimum Gasteiger partial charge on any atom is -0.481 e. The van der Waals surface area contributed by atoms with Gasteiger partial charge in [0.1, 0.15) is 17.2 Å². The molecule has 0 aliphatic heterocycles. The van der Waals surface area contributed by atoms with E-state index in [4.69, 9.17) is 21.1 Å². The van der Waals surface area contributed by atoms with Gasteiger partial charge in [0.15, 0.2) is 5.58 Å². The normalized spacial score (nSPS) is 11.2. The third kappa shape index (κ3) is 5.24. The maximum absolute atomic E-state index is 14.7. The van der Waals surface area contributed by atoms with E-state index in [0.717, 1.165) is 6.07 Å². The van der Waals surface area contributed by atoms with Crippen LogP contribution in [0.15, 0.2) is 65.1 Å². The van der Waals surface area contributed by atoms with Crippen LogP contribution in [0, 0.1) is 11.6 Å². The molecule has 33 heavy (non-hydrogen) atoms. The summed E-state index contributed by atoms with van der Waals surface area (Å²) in [4.78, 5) is 27.2. The van der Waals surface area contributed by atoms with Gasteiger partial charge in [-0.05, 0) is 59.7 Å². The number of benzene rings is 3. The Bertz CT molecular complexity index is 1420. The highest BCUT2D eigenvalue weighted by Gasteiger charge is 2.14. The van der Waals surface area contributed by atoms with Gasteiger partial charge in [-0.3, -0.25) is 9.59 Å². The second-order valence-electron chi connectivity index (χ2n) is 7.08. The van der Waals surface area contributed by atoms with Gasteiger partial charge >= 0.3 is 5.97 Å². The summed E-state index contributed by atoms with van der Waals surface area (Å²) in [5.74, 6) is -2.63. The summed E-state index contributed by atoms with van der Waals surface area (Å²) in [6, 6.07) is 12.8. The number of fused-ring (bicyclic) bond motifs is 1. The average molecular weight is 469 g/mol. The molecule has 3 aromatic carbocycles. The SMILES string of the molecule is O=C(O)Cc1ccc2oc(-c3ccc(C=CC(=O)Nc4ccc(F)c(Cl)c4)cc3F)nc2c1. The van der Waals surface area contributed by atoms with Crippen LogP contribution in [0.5, 0.6) is 0 Å². The number of rotatable bonds is 6. The van der Waals surface area contributed by atoms with Gasteiger partial charge in [-0.1, -0.05) is 23.7 Å². The standard InChI is InChI=1S/C24H15ClF2N2O4/c25-17-12-15(4-6-18(17)26)28-22(30)8-3-13-1-5-16(19(27)9-13)24-29-20-10-14(11-23(31)32)2-7-21(20)33-24/h1-10,12H,11H2,(H,28,30)(H,31,32). The lowest BCUT2D eigenvalue weighted by Crippen LogP contribution is -2.07. The molecule has 0 unspecified atom stereocenters. The van der Waals surface area contributed by atoms with Crippen molar-refractivity contribution in [3.63, 3.8) is 0 Å². The Morgan fingerprint density at radius 2 is 1.88 bits per heavy atom. The average Bonchev–Trinajstić information content (AvgIpc) is 3.17. The molecule has 0 aliphatic carbocycles. The van der Waals surface area contributed by atoms with Crippen molar-refractivity contribution in [3.05, 3.63) is 88.5 Å². The Hall–Kier alpha value is -4.04. The molecule has 1 heterocycles. The van der Waals surface area contributed by atoms with Crippen molar-refractivity contribution in [2.45, 2.75) is 6.42 Å². The molecule has 1 amide bonds. The molecule has 0 fully saturated rings. The van der Waals surface area contributed by atoms with E-state index in [9.17, 15) is 18.4 Å². The second kappa shape index (κ2) is 9.22. The van der Waals surface area contributed by atoms with Crippen molar-refractivity contribution in [2.75, 3.05) is 5.32 Å². The van der Waals surface area contributed by atoms with Crippen LogP contribution in [0.1, 0.15) is 11.1 Å². The molecular weight excluding hydrogens is 454 g/mol. The smallest absolute Gasteiger partial charge is 0.307 e. The first-order valence-electron chi connectivity index (χ1n) is 9.64. The molecular formula is C24H15ClF2N2O4.